The Bertz CT molecular complexity index is 457. The van der Waals surface area contributed by atoms with Crippen molar-refractivity contribution in [2.24, 2.45) is 0 Å². The second kappa shape index (κ2) is 5.05. The van der Waals surface area contributed by atoms with Gasteiger partial charge in [0.25, 0.3) is 0 Å². The van der Waals surface area contributed by atoms with Crippen molar-refractivity contribution in [2.75, 3.05) is 0 Å². The summed E-state index contributed by atoms with van der Waals surface area (Å²) in [4.78, 5) is 0. The van der Waals surface area contributed by atoms with Crippen LogP contribution in [0, 0.1) is 13.8 Å². The van der Waals surface area contributed by atoms with Crippen LogP contribution >= 0.6 is 0 Å². The number of nitrogens with one attached hydrogen (secondary N) is 2. The zero-order valence-corrected chi connectivity index (χ0v) is 10.4. The van der Waals surface area contributed by atoms with Crippen molar-refractivity contribution in [3.05, 3.63) is 40.7 Å². The number of nitrogens with zero attached hydrogens (tertiary/aromatic N) is 3. The molecular weight excluding hydrogens is 214 g/mol. The number of hydrogen-bond donors (Lipinski definition) is 2. The Morgan fingerprint density at radius 1 is 1.24 bits per heavy atom. The lowest BCUT2D eigenvalue weighted by Crippen LogP contribution is -2.19. The molecule has 1 atom stereocenters. The monoisotopic (exact) mass is 231 g/mol. The first-order valence-corrected chi connectivity index (χ1v) is 5.69. The molecule has 0 spiro atoms. The number of rotatable bonds is 4. The van der Waals surface area contributed by atoms with Gasteiger partial charge in [-0.2, -0.15) is 5.21 Å². The van der Waals surface area contributed by atoms with Gasteiger partial charge in [-0.05, 0) is 26.3 Å². The highest BCUT2D eigenvalue weighted by atomic mass is 15.5. The van der Waals surface area contributed by atoms with E-state index in [1.165, 1.54) is 16.7 Å². The lowest BCUT2D eigenvalue weighted by molar-refractivity contribution is 0.559. The molecule has 0 aliphatic rings. The summed E-state index contributed by atoms with van der Waals surface area (Å²) in [5, 5.41) is 17.2. The van der Waals surface area contributed by atoms with Crippen molar-refractivity contribution >= 4 is 0 Å². The molecule has 2 N–H and O–H groups in total. The van der Waals surface area contributed by atoms with Crippen molar-refractivity contribution in [1.82, 2.24) is 25.9 Å². The zero-order chi connectivity index (χ0) is 12.3. The fourth-order valence-electron chi connectivity index (χ4n) is 1.88. The molecule has 1 aromatic heterocycles. The van der Waals surface area contributed by atoms with Crippen molar-refractivity contribution in [1.29, 1.82) is 0 Å². The number of aryl methyl sites for hydroxylation is 2. The minimum atomic E-state index is 0.270. The predicted octanol–water partition coefficient (Wildman–Crippen LogP) is 1.67. The third-order valence-corrected chi connectivity index (χ3v) is 2.70. The minimum absolute atomic E-state index is 0.270. The van der Waals surface area contributed by atoms with Gasteiger partial charge in [0.1, 0.15) is 0 Å². The van der Waals surface area contributed by atoms with E-state index < -0.39 is 0 Å². The topological polar surface area (TPSA) is 66.5 Å². The van der Waals surface area contributed by atoms with E-state index in [0.717, 1.165) is 0 Å². The van der Waals surface area contributed by atoms with E-state index in [9.17, 15) is 0 Å². The largest absolute Gasteiger partial charge is 0.303 e. The SMILES string of the molecule is Cc1cc(C)cc(C(C)NCc2nn[nH]n2)c1. The molecule has 1 unspecified atom stereocenters. The van der Waals surface area contributed by atoms with Gasteiger partial charge in [-0.3, -0.25) is 0 Å². The highest BCUT2D eigenvalue weighted by Gasteiger charge is 2.07. The Kier molecular flexibility index (Phi) is 3.49. The lowest BCUT2D eigenvalue weighted by Gasteiger charge is -2.14. The van der Waals surface area contributed by atoms with Gasteiger partial charge in [0.15, 0.2) is 5.82 Å². The maximum absolute atomic E-state index is 3.91. The fraction of sp³-hybridized carbons (Fsp3) is 0.417. The van der Waals surface area contributed by atoms with Gasteiger partial charge < -0.3 is 5.32 Å². The van der Waals surface area contributed by atoms with Crippen LogP contribution in [0.15, 0.2) is 18.2 Å². The molecule has 0 saturated heterocycles. The number of aromatic amines is 1. The van der Waals surface area contributed by atoms with Crippen LogP contribution in [0.25, 0.3) is 0 Å². The summed E-state index contributed by atoms with van der Waals surface area (Å²) in [6, 6.07) is 6.84. The summed E-state index contributed by atoms with van der Waals surface area (Å²) in [6.07, 6.45) is 0. The number of benzene rings is 1. The van der Waals surface area contributed by atoms with Crippen LogP contribution < -0.4 is 5.32 Å². The quantitative estimate of drug-likeness (QED) is 0.840. The van der Waals surface area contributed by atoms with Crippen LogP contribution in [0.2, 0.25) is 0 Å². The number of H-pyrrole nitrogens is 1. The molecule has 90 valence electrons. The van der Waals surface area contributed by atoms with Gasteiger partial charge >= 0.3 is 0 Å². The van der Waals surface area contributed by atoms with Gasteiger partial charge in [-0.15, -0.1) is 10.2 Å². The summed E-state index contributed by atoms with van der Waals surface area (Å²) in [5.41, 5.74) is 3.85. The van der Waals surface area contributed by atoms with Crippen molar-refractivity contribution in [3.63, 3.8) is 0 Å². The van der Waals surface area contributed by atoms with Crippen LogP contribution in [0.3, 0.4) is 0 Å². The van der Waals surface area contributed by atoms with Crippen LogP contribution in [-0.2, 0) is 6.54 Å². The Morgan fingerprint density at radius 3 is 2.53 bits per heavy atom. The second-order valence-corrected chi connectivity index (χ2v) is 4.35. The van der Waals surface area contributed by atoms with Crippen molar-refractivity contribution < 1.29 is 0 Å². The van der Waals surface area contributed by atoms with Gasteiger partial charge in [0.2, 0.25) is 0 Å². The second-order valence-electron chi connectivity index (χ2n) is 4.35. The van der Waals surface area contributed by atoms with E-state index >= 15 is 0 Å². The fourth-order valence-corrected chi connectivity index (χ4v) is 1.88. The van der Waals surface area contributed by atoms with Crippen LogP contribution in [0.1, 0.15) is 35.5 Å². The Hall–Kier alpha value is -1.75. The highest BCUT2D eigenvalue weighted by molar-refractivity contribution is 5.30. The lowest BCUT2D eigenvalue weighted by atomic mass is 10.0. The number of hydrogen-bond acceptors (Lipinski definition) is 4. The van der Waals surface area contributed by atoms with Crippen LogP contribution in [0.4, 0.5) is 0 Å². The maximum Gasteiger partial charge on any atom is 0.188 e. The van der Waals surface area contributed by atoms with E-state index in [1.54, 1.807) is 0 Å². The predicted molar refractivity (Wildman–Crippen MR) is 65.3 cm³/mol. The number of tetrazole rings is 1. The summed E-state index contributed by atoms with van der Waals surface area (Å²) in [5.74, 6) is 0.682. The van der Waals surface area contributed by atoms with Crippen LogP contribution in [-0.4, -0.2) is 20.6 Å². The molecular formula is C12H17N5. The molecule has 5 nitrogen and oxygen atoms in total. The molecule has 0 aliphatic carbocycles. The van der Waals surface area contributed by atoms with Crippen molar-refractivity contribution in [2.45, 2.75) is 33.4 Å². The summed E-state index contributed by atoms with van der Waals surface area (Å²) >= 11 is 0. The maximum atomic E-state index is 3.91. The first-order valence-electron chi connectivity index (χ1n) is 5.69. The molecule has 0 fully saturated rings. The summed E-state index contributed by atoms with van der Waals surface area (Å²) < 4.78 is 0. The Morgan fingerprint density at radius 2 is 1.94 bits per heavy atom. The summed E-state index contributed by atoms with van der Waals surface area (Å²) in [6.45, 7) is 6.98. The van der Waals surface area contributed by atoms with E-state index in [0.29, 0.717) is 12.4 Å². The molecule has 2 rings (SSSR count). The van der Waals surface area contributed by atoms with Gasteiger partial charge in [-0.1, -0.05) is 34.5 Å². The summed E-state index contributed by atoms with van der Waals surface area (Å²) in [7, 11) is 0. The smallest absolute Gasteiger partial charge is 0.188 e. The number of aromatic nitrogens is 4. The molecule has 0 bridgehead atoms. The zero-order valence-electron chi connectivity index (χ0n) is 10.4. The van der Waals surface area contributed by atoms with E-state index in [2.05, 4.69) is 64.9 Å². The third-order valence-electron chi connectivity index (χ3n) is 2.70. The van der Waals surface area contributed by atoms with Gasteiger partial charge in [-0.25, -0.2) is 0 Å². The van der Waals surface area contributed by atoms with Gasteiger partial charge in [0, 0.05) is 6.04 Å². The Balaban J connectivity index is 2.01. The molecule has 17 heavy (non-hydrogen) atoms. The average molecular weight is 231 g/mol. The van der Waals surface area contributed by atoms with E-state index in [4.69, 9.17) is 0 Å². The molecule has 1 heterocycles. The minimum Gasteiger partial charge on any atom is -0.303 e. The van der Waals surface area contributed by atoms with E-state index in [1.807, 2.05) is 0 Å². The molecule has 1 aromatic carbocycles. The Labute approximate surface area is 101 Å². The standard InChI is InChI=1S/C12H17N5/c1-8-4-9(2)6-11(5-8)10(3)13-7-12-14-16-17-15-12/h4-6,10,13H,7H2,1-3H3,(H,14,15,16,17). The average Bonchev–Trinajstić information content (AvgIpc) is 2.77. The normalized spacial score (nSPS) is 12.6. The first-order chi connectivity index (χ1) is 8.15. The van der Waals surface area contributed by atoms with Crippen LogP contribution in [0.5, 0.6) is 0 Å². The molecule has 0 radical (unpaired) electrons. The molecule has 0 aliphatic heterocycles. The van der Waals surface area contributed by atoms with Gasteiger partial charge in [0.05, 0.1) is 6.54 Å². The molecule has 5 heteroatoms. The first kappa shape index (κ1) is 11.7. The molecule has 2 aromatic rings. The van der Waals surface area contributed by atoms with E-state index in [-0.39, 0.29) is 6.04 Å². The highest BCUT2D eigenvalue weighted by Crippen LogP contribution is 2.16. The molecule has 0 saturated carbocycles. The van der Waals surface area contributed by atoms with Crippen molar-refractivity contribution in [3.8, 4) is 0 Å². The third kappa shape index (κ3) is 3.10. The molecule has 0 amide bonds.